The van der Waals surface area contributed by atoms with Gasteiger partial charge in [0, 0.05) is 16.8 Å². The average Bonchev–Trinajstić information content (AvgIpc) is 3.23. The smallest absolute Gasteiger partial charge is 0.119 e. The molecule has 0 saturated carbocycles. The summed E-state index contributed by atoms with van der Waals surface area (Å²) in [4.78, 5) is 12.4. The standard InChI is InChI=1S/C23H18N4O/c1-28-17-9-7-16(8-10-17)26-21-13-20(15-5-3-2-4-6-15)27-18-11-12-19-23(22(18)21)25-14-24-19/h2-14,26-27H,1H3. The quantitative estimate of drug-likeness (QED) is 0.439. The van der Waals surface area contributed by atoms with Crippen molar-refractivity contribution in [3.8, 4) is 17.0 Å². The minimum Gasteiger partial charge on any atom is -0.497 e. The number of rotatable bonds is 4. The van der Waals surface area contributed by atoms with E-state index in [-0.39, 0.29) is 0 Å². The van der Waals surface area contributed by atoms with Gasteiger partial charge in [0.15, 0.2) is 0 Å². The number of pyridine rings is 1. The summed E-state index contributed by atoms with van der Waals surface area (Å²) in [6.45, 7) is 0. The fourth-order valence-electron chi connectivity index (χ4n) is 3.44. The largest absolute Gasteiger partial charge is 0.497 e. The zero-order chi connectivity index (χ0) is 18.9. The summed E-state index contributed by atoms with van der Waals surface area (Å²) in [6, 6.07) is 24.3. The number of hydrogen-bond acceptors (Lipinski definition) is 4. The first kappa shape index (κ1) is 16.3. The molecular weight excluding hydrogens is 348 g/mol. The zero-order valence-corrected chi connectivity index (χ0v) is 15.3. The number of methoxy groups -OCH3 is 1. The normalized spacial score (nSPS) is 11.0. The number of hydrogen-bond donors (Lipinski definition) is 2. The lowest BCUT2D eigenvalue weighted by Gasteiger charge is -2.14. The minimum atomic E-state index is 0.825. The maximum absolute atomic E-state index is 5.26. The summed E-state index contributed by atoms with van der Waals surface area (Å²) < 4.78 is 5.26. The Kier molecular flexibility index (Phi) is 3.91. The first-order valence-electron chi connectivity index (χ1n) is 9.05. The predicted octanol–water partition coefficient (Wildman–Crippen LogP) is 5.53. The Bertz CT molecular complexity index is 1260. The van der Waals surface area contributed by atoms with Gasteiger partial charge in [-0.25, -0.2) is 9.97 Å². The first-order chi connectivity index (χ1) is 13.8. The fourth-order valence-corrected chi connectivity index (χ4v) is 3.44. The molecule has 5 nitrogen and oxygen atoms in total. The van der Waals surface area contributed by atoms with Gasteiger partial charge in [-0.1, -0.05) is 30.3 Å². The molecule has 5 aromatic rings. The van der Waals surface area contributed by atoms with Gasteiger partial charge in [0.25, 0.3) is 0 Å². The molecule has 3 aromatic carbocycles. The topological polar surface area (TPSA) is 62.8 Å². The molecule has 0 amide bonds. The molecule has 0 spiro atoms. The minimum absolute atomic E-state index is 0.825. The summed E-state index contributed by atoms with van der Waals surface area (Å²) in [7, 11) is 1.67. The third kappa shape index (κ3) is 2.83. The number of anilines is 2. The van der Waals surface area contributed by atoms with E-state index in [0.717, 1.165) is 50.3 Å². The molecule has 5 heteroatoms. The van der Waals surface area contributed by atoms with E-state index in [1.54, 1.807) is 13.4 Å². The Morgan fingerprint density at radius 2 is 1.71 bits per heavy atom. The van der Waals surface area contributed by atoms with Crippen LogP contribution in [0.15, 0.2) is 79.1 Å². The summed E-state index contributed by atoms with van der Waals surface area (Å²) in [5.74, 6) is 0.825. The van der Waals surface area contributed by atoms with Crippen molar-refractivity contribution in [3.63, 3.8) is 0 Å². The highest BCUT2D eigenvalue weighted by Crippen LogP contribution is 2.34. The highest BCUT2D eigenvalue weighted by atomic mass is 16.5. The monoisotopic (exact) mass is 366 g/mol. The van der Waals surface area contributed by atoms with Gasteiger partial charge in [-0.3, -0.25) is 0 Å². The van der Waals surface area contributed by atoms with E-state index < -0.39 is 0 Å². The number of ether oxygens (including phenoxy) is 1. The molecule has 0 fully saturated rings. The van der Waals surface area contributed by atoms with E-state index in [1.807, 2.05) is 48.5 Å². The predicted molar refractivity (Wildman–Crippen MR) is 113 cm³/mol. The van der Waals surface area contributed by atoms with E-state index in [2.05, 4.69) is 44.5 Å². The number of H-pyrrole nitrogens is 1. The Balaban J connectivity index is 1.72. The molecule has 28 heavy (non-hydrogen) atoms. The highest BCUT2D eigenvalue weighted by Gasteiger charge is 2.12. The van der Waals surface area contributed by atoms with Crippen molar-refractivity contribution in [1.82, 2.24) is 15.0 Å². The molecule has 2 aromatic heterocycles. The van der Waals surface area contributed by atoms with Gasteiger partial charge >= 0.3 is 0 Å². The molecule has 136 valence electrons. The van der Waals surface area contributed by atoms with E-state index in [9.17, 15) is 0 Å². The first-order valence-corrected chi connectivity index (χ1v) is 9.05. The lowest BCUT2D eigenvalue weighted by atomic mass is 10.1. The number of benzene rings is 3. The van der Waals surface area contributed by atoms with Crippen LogP contribution in [0.4, 0.5) is 11.4 Å². The second kappa shape index (κ2) is 6.70. The number of aromatic amines is 1. The number of nitrogens with zero attached hydrogens (tertiary/aromatic N) is 2. The van der Waals surface area contributed by atoms with E-state index in [1.165, 1.54) is 0 Å². The molecule has 0 saturated heterocycles. The van der Waals surface area contributed by atoms with Gasteiger partial charge in [-0.05, 0) is 48.0 Å². The number of nitrogens with one attached hydrogen (secondary N) is 2. The molecule has 0 aliphatic rings. The maximum atomic E-state index is 5.26. The molecule has 0 unspecified atom stereocenters. The fraction of sp³-hybridized carbons (Fsp3) is 0.0435. The summed E-state index contributed by atoms with van der Waals surface area (Å²) in [5.41, 5.74) is 6.87. The second-order valence-corrected chi connectivity index (χ2v) is 6.55. The molecule has 0 bridgehead atoms. The van der Waals surface area contributed by atoms with Crippen LogP contribution in [0, 0.1) is 0 Å². The average molecular weight is 366 g/mol. The van der Waals surface area contributed by atoms with Crippen LogP contribution < -0.4 is 10.1 Å². The van der Waals surface area contributed by atoms with Crippen molar-refractivity contribution < 1.29 is 4.74 Å². The number of fused-ring (bicyclic) bond motifs is 3. The third-order valence-corrected chi connectivity index (χ3v) is 4.82. The van der Waals surface area contributed by atoms with Crippen molar-refractivity contribution in [2.24, 2.45) is 0 Å². The Hall–Kier alpha value is -3.86. The molecule has 0 atom stereocenters. The van der Waals surface area contributed by atoms with Crippen LogP contribution in [-0.4, -0.2) is 22.1 Å². The Labute approximate surface area is 162 Å². The lowest BCUT2D eigenvalue weighted by molar-refractivity contribution is 0.415. The molecule has 5 rings (SSSR count). The van der Waals surface area contributed by atoms with Gasteiger partial charge < -0.3 is 15.0 Å². The second-order valence-electron chi connectivity index (χ2n) is 6.55. The summed E-state index contributed by atoms with van der Waals surface area (Å²) in [6.07, 6.45) is 1.60. The van der Waals surface area contributed by atoms with Crippen LogP contribution in [0.5, 0.6) is 5.75 Å². The number of imidazole rings is 1. The molecule has 2 heterocycles. The SMILES string of the molecule is COc1ccc(Nc2cc(-c3ccccc3)[nH]c3ccc4ncnc4c23)cc1. The molecule has 0 aliphatic heterocycles. The van der Waals surface area contributed by atoms with Crippen molar-refractivity contribution in [2.45, 2.75) is 0 Å². The Morgan fingerprint density at radius 3 is 2.50 bits per heavy atom. The van der Waals surface area contributed by atoms with Crippen LogP contribution in [0.1, 0.15) is 0 Å². The van der Waals surface area contributed by atoms with Gasteiger partial charge in [0.2, 0.25) is 0 Å². The van der Waals surface area contributed by atoms with E-state index in [4.69, 9.17) is 4.74 Å². The van der Waals surface area contributed by atoms with Crippen molar-refractivity contribution >= 4 is 33.3 Å². The summed E-state index contributed by atoms with van der Waals surface area (Å²) in [5, 5.41) is 4.57. The van der Waals surface area contributed by atoms with Crippen LogP contribution in [0.2, 0.25) is 0 Å². The molecule has 0 radical (unpaired) electrons. The van der Waals surface area contributed by atoms with E-state index in [0.29, 0.717) is 0 Å². The van der Waals surface area contributed by atoms with Crippen LogP contribution in [0.3, 0.4) is 0 Å². The van der Waals surface area contributed by atoms with Gasteiger partial charge in [0.05, 0.1) is 23.8 Å². The van der Waals surface area contributed by atoms with Gasteiger partial charge in [0.1, 0.15) is 17.6 Å². The van der Waals surface area contributed by atoms with Gasteiger partial charge in [-0.15, -0.1) is 0 Å². The van der Waals surface area contributed by atoms with Crippen molar-refractivity contribution in [2.75, 3.05) is 12.4 Å². The van der Waals surface area contributed by atoms with Gasteiger partial charge in [-0.2, -0.15) is 0 Å². The molecule has 2 N–H and O–H groups in total. The molecule has 0 aliphatic carbocycles. The van der Waals surface area contributed by atoms with Crippen molar-refractivity contribution in [3.05, 3.63) is 79.1 Å². The van der Waals surface area contributed by atoms with Crippen LogP contribution in [0.25, 0.3) is 33.2 Å². The maximum Gasteiger partial charge on any atom is 0.119 e. The van der Waals surface area contributed by atoms with Crippen LogP contribution in [-0.2, 0) is 0 Å². The highest BCUT2D eigenvalue weighted by molar-refractivity contribution is 6.10. The van der Waals surface area contributed by atoms with E-state index >= 15 is 0 Å². The van der Waals surface area contributed by atoms with Crippen molar-refractivity contribution in [1.29, 1.82) is 0 Å². The molecular formula is C23H18N4O. The third-order valence-electron chi connectivity index (χ3n) is 4.82. The summed E-state index contributed by atoms with van der Waals surface area (Å²) >= 11 is 0. The Morgan fingerprint density at radius 1 is 0.893 bits per heavy atom. The zero-order valence-electron chi connectivity index (χ0n) is 15.3. The lowest BCUT2D eigenvalue weighted by Crippen LogP contribution is -1.96. The van der Waals surface area contributed by atoms with Crippen LogP contribution >= 0.6 is 0 Å². The number of aromatic nitrogens is 3.